The summed E-state index contributed by atoms with van der Waals surface area (Å²) in [6.07, 6.45) is 1.36. The quantitative estimate of drug-likeness (QED) is 0.679. The number of pyridine rings is 1. The van der Waals surface area contributed by atoms with E-state index in [1.807, 2.05) is 0 Å². The Morgan fingerprint density at radius 1 is 1.08 bits per heavy atom. The molecule has 1 atom stereocenters. The number of hydrogen-bond acceptors (Lipinski definition) is 3. The lowest BCUT2D eigenvalue weighted by molar-refractivity contribution is 0.455. The largest absolute Gasteiger partial charge is 0.454 e. The highest BCUT2D eigenvalue weighted by molar-refractivity contribution is 7.85. The van der Waals surface area contributed by atoms with Gasteiger partial charge < -0.3 is 4.74 Å². The van der Waals surface area contributed by atoms with Crippen molar-refractivity contribution in [3.8, 4) is 11.5 Å². The summed E-state index contributed by atoms with van der Waals surface area (Å²) in [4.78, 5) is 4.06. The Bertz CT molecular complexity index is 928. The van der Waals surface area contributed by atoms with Gasteiger partial charge in [0.15, 0.2) is 0 Å². The number of para-hydroxylation sites is 1. The minimum absolute atomic E-state index is 0.0202. The topological polar surface area (TPSA) is 39.2 Å². The number of hydrogen-bond donors (Lipinski definition) is 0. The summed E-state index contributed by atoms with van der Waals surface area (Å²) in [5.41, 5.74) is 0.232. The fourth-order valence-electron chi connectivity index (χ4n) is 2.29. The van der Waals surface area contributed by atoms with Gasteiger partial charge >= 0.3 is 0 Å². The number of rotatable bonds is 4. The van der Waals surface area contributed by atoms with E-state index in [1.54, 1.807) is 38.1 Å². The monoisotopic (exact) mass is 347 g/mol. The molecule has 0 saturated carbocycles. The van der Waals surface area contributed by atoms with Gasteiger partial charge in [-0.15, -0.1) is 0 Å². The van der Waals surface area contributed by atoms with Gasteiger partial charge in [-0.3, -0.25) is 4.21 Å². The molecule has 0 fully saturated rings. The molecule has 1 aromatic heterocycles. The predicted octanol–water partition coefficient (Wildman–Crippen LogP) is 4.82. The van der Waals surface area contributed by atoms with E-state index in [2.05, 4.69) is 4.98 Å². The van der Waals surface area contributed by atoms with Gasteiger partial charge in [0.05, 0.1) is 17.0 Å². The summed E-state index contributed by atoms with van der Waals surface area (Å²) in [6.45, 7) is 3.49. The van der Waals surface area contributed by atoms with Crippen molar-refractivity contribution in [2.45, 2.75) is 24.0 Å². The average Bonchev–Trinajstić information content (AvgIpc) is 2.54. The van der Waals surface area contributed by atoms with Gasteiger partial charge in [0.2, 0.25) is 0 Å². The van der Waals surface area contributed by atoms with Gasteiger partial charge in [0, 0.05) is 10.6 Å². The van der Waals surface area contributed by atoms with Gasteiger partial charge in [-0.1, -0.05) is 32.0 Å². The molecular weight excluding hydrogens is 332 g/mol. The van der Waals surface area contributed by atoms with Crippen molar-refractivity contribution in [2.75, 3.05) is 0 Å². The van der Waals surface area contributed by atoms with E-state index < -0.39 is 22.4 Å². The highest BCUT2D eigenvalue weighted by Crippen LogP contribution is 2.32. The second kappa shape index (κ2) is 6.65. The first-order valence-electron chi connectivity index (χ1n) is 7.38. The molecule has 3 rings (SSSR count). The Labute approximate surface area is 140 Å². The van der Waals surface area contributed by atoms with Crippen LogP contribution in [-0.2, 0) is 10.8 Å². The lowest BCUT2D eigenvalue weighted by Gasteiger charge is -2.13. The summed E-state index contributed by atoms with van der Waals surface area (Å²) in [5.74, 6) is -0.522. The summed E-state index contributed by atoms with van der Waals surface area (Å²) >= 11 is 0. The Morgan fingerprint density at radius 2 is 1.79 bits per heavy atom. The number of aromatic nitrogens is 1. The first-order chi connectivity index (χ1) is 11.5. The van der Waals surface area contributed by atoms with E-state index in [4.69, 9.17) is 4.74 Å². The van der Waals surface area contributed by atoms with Crippen molar-refractivity contribution in [2.24, 2.45) is 0 Å². The summed E-state index contributed by atoms with van der Waals surface area (Å²) < 4.78 is 45.8. The lowest BCUT2D eigenvalue weighted by atomic mass is 10.2. The minimum Gasteiger partial charge on any atom is -0.454 e. The predicted molar refractivity (Wildman–Crippen MR) is 89.7 cm³/mol. The molecule has 6 heteroatoms. The Kier molecular flexibility index (Phi) is 4.57. The maximum atomic E-state index is 14.1. The van der Waals surface area contributed by atoms with Crippen LogP contribution in [0.25, 0.3) is 10.9 Å². The first kappa shape index (κ1) is 16.5. The molecule has 0 amide bonds. The van der Waals surface area contributed by atoms with Crippen LogP contribution in [-0.4, -0.2) is 14.4 Å². The number of benzene rings is 2. The third-order valence-corrected chi connectivity index (χ3v) is 5.08. The zero-order valence-corrected chi connectivity index (χ0v) is 13.9. The van der Waals surface area contributed by atoms with E-state index in [0.29, 0.717) is 11.1 Å². The summed E-state index contributed by atoms with van der Waals surface area (Å²) in [7, 11) is -1.54. The molecule has 0 aliphatic carbocycles. The molecule has 0 aliphatic rings. The molecule has 24 heavy (non-hydrogen) atoms. The number of ether oxygens (including phenoxy) is 1. The maximum Gasteiger partial charge on any atom is 0.149 e. The molecule has 0 spiro atoms. The molecular formula is C18H15F2NO2S. The van der Waals surface area contributed by atoms with Crippen molar-refractivity contribution in [1.29, 1.82) is 0 Å². The zero-order chi connectivity index (χ0) is 17.3. The summed E-state index contributed by atoms with van der Waals surface area (Å²) in [5, 5.41) is 0.309. The number of fused-ring (bicyclic) bond motifs is 1. The second-order valence-electron chi connectivity index (χ2n) is 5.50. The average molecular weight is 347 g/mol. The standard InChI is InChI=1S/C18H15F2NO2S/c1-11(2)24(22)18-15(20)7-4-8-16(18)23-13-9-12-5-3-6-14(19)17(12)21-10-13/h3-11H,1-2H3. The van der Waals surface area contributed by atoms with E-state index in [0.717, 1.165) is 0 Å². The Balaban J connectivity index is 2.03. The van der Waals surface area contributed by atoms with Crippen LogP contribution in [0.1, 0.15) is 13.8 Å². The molecule has 124 valence electrons. The molecule has 0 saturated heterocycles. The van der Waals surface area contributed by atoms with E-state index in [-0.39, 0.29) is 21.4 Å². The van der Waals surface area contributed by atoms with Crippen molar-refractivity contribution >= 4 is 21.7 Å². The van der Waals surface area contributed by atoms with Gasteiger partial charge in [-0.05, 0) is 24.3 Å². The summed E-state index contributed by atoms with van der Waals surface area (Å²) in [6, 6.07) is 10.5. The normalized spacial score (nSPS) is 12.5. The highest BCUT2D eigenvalue weighted by Gasteiger charge is 2.20. The van der Waals surface area contributed by atoms with Crippen molar-refractivity contribution < 1.29 is 17.7 Å². The van der Waals surface area contributed by atoms with Crippen LogP contribution in [0.5, 0.6) is 11.5 Å². The number of halogens is 2. The fraction of sp³-hybridized carbons (Fsp3) is 0.167. The second-order valence-corrected chi connectivity index (χ2v) is 7.44. The van der Waals surface area contributed by atoms with E-state index in [9.17, 15) is 13.0 Å². The molecule has 1 unspecified atom stereocenters. The van der Waals surface area contributed by atoms with Crippen LogP contribution in [0.2, 0.25) is 0 Å². The molecule has 2 aromatic carbocycles. The van der Waals surface area contributed by atoms with E-state index >= 15 is 0 Å². The van der Waals surface area contributed by atoms with Gasteiger partial charge in [-0.2, -0.15) is 0 Å². The third kappa shape index (κ3) is 3.14. The van der Waals surface area contributed by atoms with Crippen molar-refractivity contribution in [3.63, 3.8) is 0 Å². The molecule has 0 radical (unpaired) electrons. The molecule has 0 aliphatic heterocycles. The molecule has 0 N–H and O–H groups in total. The van der Waals surface area contributed by atoms with E-state index in [1.165, 1.54) is 24.4 Å². The Hall–Kier alpha value is -2.34. The number of nitrogens with zero attached hydrogens (tertiary/aromatic N) is 1. The zero-order valence-electron chi connectivity index (χ0n) is 13.1. The van der Waals surface area contributed by atoms with Crippen LogP contribution in [0.15, 0.2) is 53.6 Å². The molecule has 3 nitrogen and oxygen atoms in total. The lowest BCUT2D eigenvalue weighted by Crippen LogP contribution is -2.09. The highest BCUT2D eigenvalue weighted by atomic mass is 32.2. The molecule has 3 aromatic rings. The van der Waals surface area contributed by atoms with Gasteiger partial charge in [0.25, 0.3) is 0 Å². The van der Waals surface area contributed by atoms with Crippen molar-refractivity contribution in [1.82, 2.24) is 4.98 Å². The van der Waals surface area contributed by atoms with Gasteiger partial charge in [0.1, 0.15) is 33.5 Å². The Morgan fingerprint density at radius 3 is 2.54 bits per heavy atom. The van der Waals surface area contributed by atoms with Crippen LogP contribution >= 0.6 is 0 Å². The minimum atomic E-state index is -1.54. The van der Waals surface area contributed by atoms with Crippen molar-refractivity contribution in [3.05, 3.63) is 60.3 Å². The SMILES string of the molecule is CC(C)S(=O)c1c(F)cccc1Oc1cnc2c(F)cccc2c1. The third-order valence-electron chi connectivity index (χ3n) is 3.42. The molecule has 1 heterocycles. The van der Waals surface area contributed by atoms with Gasteiger partial charge in [-0.25, -0.2) is 13.8 Å². The molecule has 0 bridgehead atoms. The van der Waals surface area contributed by atoms with Crippen LogP contribution < -0.4 is 4.74 Å². The van der Waals surface area contributed by atoms with Crippen LogP contribution in [0, 0.1) is 11.6 Å². The van der Waals surface area contributed by atoms with Crippen LogP contribution in [0.4, 0.5) is 8.78 Å². The first-order valence-corrected chi connectivity index (χ1v) is 8.60. The maximum absolute atomic E-state index is 14.1. The fourth-order valence-corrected chi connectivity index (χ4v) is 3.33. The smallest absolute Gasteiger partial charge is 0.149 e. The van der Waals surface area contributed by atoms with Crippen LogP contribution in [0.3, 0.4) is 0 Å².